The Morgan fingerprint density at radius 1 is 1.21 bits per heavy atom. The highest BCUT2D eigenvalue weighted by molar-refractivity contribution is 6.06. The van der Waals surface area contributed by atoms with E-state index in [4.69, 9.17) is 25.4 Å². The number of rotatable bonds is 6. The van der Waals surface area contributed by atoms with E-state index in [0.717, 1.165) is 0 Å². The fraction of sp³-hybridized carbons (Fsp3) is 0.391. The maximum Gasteiger partial charge on any atom is 0.256 e. The standard InChI is InChI=1S/C23H23N5O5/c1-4-10-30-11-15-17-18(33-23(2,3)32-17)22(31-15)28-13-26-16-19(24-12-25-20(16)28)27-21(29)14-8-6-5-7-9-14/h1,5-9,12-13,15,17-18,22H,10-11H2,2-3H3,(H,24,25,27,29)/t15-,17?,18+,22-/m1/s1. The van der Waals surface area contributed by atoms with E-state index >= 15 is 0 Å². The Kier molecular flexibility index (Phi) is 5.55. The Morgan fingerprint density at radius 3 is 2.79 bits per heavy atom. The van der Waals surface area contributed by atoms with Crippen LogP contribution >= 0.6 is 0 Å². The number of ether oxygens (including phenoxy) is 4. The summed E-state index contributed by atoms with van der Waals surface area (Å²) in [7, 11) is 0. The van der Waals surface area contributed by atoms with Gasteiger partial charge in [-0.25, -0.2) is 15.0 Å². The van der Waals surface area contributed by atoms with Gasteiger partial charge < -0.3 is 24.3 Å². The number of hydrogen-bond acceptors (Lipinski definition) is 8. The lowest BCUT2D eigenvalue weighted by atomic mass is 10.1. The van der Waals surface area contributed by atoms with Gasteiger partial charge in [-0.05, 0) is 26.0 Å². The monoisotopic (exact) mass is 449 g/mol. The molecule has 10 heteroatoms. The van der Waals surface area contributed by atoms with Crippen molar-refractivity contribution in [3.63, 3.8) is 0 Å². The van der Waals surface area contributed by atoms with Gasteiger partial charge in [0.2, 0.25) is 0 Å². The van der Waals surface area contributed by atoms with E-state index in [-0.39, 0.29) is 31.3 Å². The van der Waals surface area contributed by atoms with Crippen molar-refractivity contribution in [2.24, 2.45) is 0 Å². The molecule has 2 fully saturated rings. The van der Waals surface area contributed by atoms with Crippen LogP contribution in [0.15, 0.2) is 43.0 Å². The van der Waals surface area contributed by atoms with E-state index in [1.807, 2.05) is 19.9 Å². The molecule has 2 aromatic heterocycles. The topological polar surface area (TPSA) is 110 Å². The molecule has 2 saturated heterocycles. The molecule has 1 aromatic carbocycles. The van der Waals surface area contributed by atoms with Crippen LogP contribution in [0.25, 0.3) is 11.2 Å². The van der Waals surface area contributed by atoms with Crippen LogP contribution in [0, 0.1) is 12.3 Å². The molecule has 1 amide bonds. The summed E-state index contributed by atoms with van der Waals surface area (Å²) in [6.45, 7) is 4.15. The number of benzene rings is 1. The van der Waals surface area contributed by atoms with Crippen LogP contribution in [0.1, 0.15) is 30.4 Å². The Morgan fingerprint density at radius 2 is 2.00 bits per heavy atom. The van der Waals surface area contributed by atoms with Gasteiger partial charge >= 0.3 is 0 Å². The van der Waals surface area contributed by atoms with Crippen molar-refractivity contribution in [3.8, 4) is 12.3 Å². The smallest absolute Gasteiger partial charge is 0.256 e. The van der Waals surface area contributed by atoms with Crippen molar-refractivity contribution in [2.45, 2.75) is 44.2 Å². The molecule has 2 aliphatic heterocycles. The van der Waals surface area contributed by atoms with E-state index in [9.17, 15) is 4.79 Å². The number of nitrogens with one attached hydrogen (secondary N) is 1. The highest BCUT2D eigenvalue weighted by Crippen LogP contribution is 2.43. The Balaban J connectivity index is 1.43. The molecule has 170 valence electrons. The molecule has 0 saturated carbocycles. The van der Waals surface area contributed by atoms with Crippen LogP contribution in [0.4, 0.5) is 5.82 Å². The van der Waals surface area contributed by atoms with E-state index in [0.29, 0.717) is 22.5 Å². The van der Waals surface area contributed by atoms with Crippen molar-refractivity contribution >= 4 is 22.9 Å². The second-order valence-electron chi connectivity index (χ2n) is 8.22. The van der Waals surface area contributed by atoms with Crippen LogP contribution in [0.5, 0.6) is 0 Å². The first-order valence-corrected chi connectivity index (χ1v) is 10.5. The number of hydrogen-bond donors (Lipinski definition) is 1. The first-order chi connectivity index (χ1) is 16.0. The molecule has 4 heterocycles. The summed E-state index contributed by atoms with van der Waals surface area (Å²) in [5, 5.41) is 2.81. The van der Waals surface area contributed by atoms with Crippen molar-refractivity contribution < 1.29 is 23.7 Å². The highest BCUT2D eigenvalue weighted by atomic mass is 16.8. The lowest BCUT2D eigenvalue weighted by Crippen LogP contribution is -2.33. The molecular weight excluding hydrogens is 426 g/mol. The zero-order valence-corrected chi connectivity index (χ0v) is 18.2. The largest absolute Gasteiger partial charge is 0.366 e. The number of carbonyl (C=O) groups is 1. The third kappa shape index (κ3) is 4.07. The molecule has 3 aromatic rings. The van der Waals surface area contributed by atoms with Gasteiger partial charge in [0.1, 0.15) is 31.2 Å². The molecule has 0 spiro atoms. The van der Waals surface area contributed by atoms with Crippen LogP contribution in [0.3, 0.4) is 0 Å². The minimum Gasteiger partial charge on any atom is -0.366 e. The third-order valence-electron chi connectivity index (χ3n) is 5.49. The van der Waals surface area contributed by atoms with Gasteiger partial charge in [-0.1, -0.05) is 24.1 Å². The lowest BCUT2D eigenvalue weighted by molar-refractivity contribution is -0.201. The molecule has 0 aliphatic carbocycles. The van der Waals surface area contributed by atoms with Gasteiger partial charge in [0, 0.05) is 5.56 Å². The molecule has 1 unspecified atom stereocenters. The van der Waals surface area contributed by atoms with E-state index < -0.39 is 18.1 Å². The number of fused-ring (bicyclic) bond motifs is 2. The molecule has 0 bridgehead atoms. The van der Waals surface area contributed by atoms with Crippen LogP contribution in [-0.2, 0) is 18.9 Å². The molecule has 5 rings (SSSR count). The predicted molar refractivity (Wildman–Crippen MR) is 117 cm³/mol. The predicted octanol–water partition coefficient (Wildman–Crippen LogP) is 2.15. The van der Waals surface area contributed by atoms with Gasteiger partial charge in [0.15, 0.2) is 29.0 Å². The third-order valence-corrected chi connectivity index (χ3v) is 5.49. The number of imidazole rings is 1. The van der Waals surface area contributed by atoms with Crippen LogP contribution < -0.4 is 5.32 Å². The number of anilines is 1. The minimum atomic E-state index is -0.776. The van der Waals surface area contributed by atoms with Gasteiger partial charge in [-0.3, -0.25) is 9.36 Å². The fourth-order valence-corrected chi connectivity index (χ4v) is 4.15. The van der Waals surface area contributed by atoms with Gasteiger partial charge in [-0.2, -0.15) is 0 Å². The normalized spacial score (nSPS) is 25.6. The number of carbonyl (C=O) groups excluding carboxylic acids is 1. The summed E-state index contributed by atoms with van der Waals surface area (Å²) in [5.41, 5.74) is 1.45. The van der Waals surface area contributed by atoms with E-state index in [2.05, 4.69) is 26.2 Å². The number of nitrogens with zero attached hydrogens (tertiary/aromatic N) is 4. The number of aromatic nitrogens is 4. The maximum atomic E-state index is 12.6. The SMILES string of the molecule is C#CCOC[C@H]1O[C@@H](n2cnc3c(NC(=O)c4ccccc4)ncnc32)[C@H]2OC(C)(C)OC12. The zero-order valence-electron chi connectivity index (χ0n) is 18.2. The van der Waals surface area contributed by atoms with Crippen LogP contribution in [-0.4, -0.2) is 62.7 Å². The van der Waals surface area contributed by atoms with E-state index in [1.165, 1.54) is 6.33 Å². The van der Waals surface area contributed by atoms with E-state index in [1.54, 1.807) is 35.2 Å². The fourth-order valence-electron chi connectivity index (χ4n) is 4.15. The quantitative estimate of drug-likeness (QED) is 0.450. The molecule has 0 radical (unpaired) electrons. The van der Waals surface area contributed by atoms with Gasteiger partial charge in [0.25, 0.3) is 5.91 Å². The Bertz CT molecular complexity index is 1200. The number of amides is 1. The zero-order chi connectivity index (χ0) is 23.0. The minimum absolute atomic E-state index is 0.178. The number of terminal acetylenes is 1. The molecule has 1 N–H and O–H groups in total. The molecule has 10 nitrogen and oxygen atoms in total. The molecule has 33 heavy (non-hydrogen) atoms. The van der Waals surface area contributed by atoms with Crippen molar-refractivity contribution in [3.05, 3.63) is 48.5 Å². The molecule has 4 atom stereocenters. The highest BCUT2D eigenvalue weighted by Gasteiger charge is 2.56. The maximum absolute atomic E-state index is 12.6. The Labute approximate surface area is 190 Å². The molecular formula is C23H23N5O5. The first kappa shape index (κ1) is 21.5. The summed E-state index contributed by atoms with van der Waals surface area (Å²) in [6, 6.07) is 8.88. The second-order valence-corrected chi connectivity index (χ2v) is 8.22. The summed E-state index contributed by atoms with van der Waals surface area (Å²) >= 11 is 0. The summed E-state index contributed by atoms with van der Waals surface area (Å²) < 4.78 is 25.7. The van der Waals surface area contributed by atoms with Crippen LogP contribution in [0.2, 0.25) is 0 Å². The second kappa shape index (κ2) is 8.53. The summed E-state index contributed by atoms with van der Waals surface area (Å²) in [5.74, 6) is 1.69. The van der Waals surface area contributed by atoms with Gasteiger partial charge in [0.05, 0.1) is 12.9 Å². The Hall–Kier alpha value is -3.36. The summed E-state index contributed by atoms with van der Waals surface area (Å²) in [6.07, 6.45) is 6.56. The van der Waals surface area contributed by atoms with Crippen molar-refractivity contribution in [1.82, 2.24) is 19.5 Å². The van der Waals surface area contributed by atoms with Crippen molar-refractivity contribution in [1.29, 1.82) is 0 Å². The lowest BCUT2D eigenvalue weighted by Gasteiger charge is -2.24. The summed E-state index contributed by atoms with van der Waals surface area (Å²) in [4.78, 5) is 25.7. The van der Waals surface area contributed by atoms with Crippen molar-refractivity contribution in [2.75, 3.05) is 18.5 Å². The van der Waals surface area contributed by atoms with Gasteiger partial charge in [-0.15, -0.1) is 6.42 Å². The molecule has 2 aliphatic rings. The average molecular weight is 449 g/mol. The average Bonchev–Trinajstić information content (AvgIpc) is 3.46. The first-order valence-electron chi connectivity index (χ1n) is 10.5.